The summed E-state index contributed by atoms with van der Waals surface area (Å²) in [4.78, 5) is 0. The Morgan fingerprint density at radius 2 is 1.95 bits per heavy atom. The summed E-state index contributed by atoms with van der Waals surface area (Å²) in [6.07, 6.45) is -2.92. The van der Waals surface area contributed by atoms with Crippen LogP contribution in [-0.4, -0.2) is 9.78 Å². The fraction of sp³-hybridized carbons (Fsp3) is 0.357. The predicted octanol–water partition coefficient (Wildman–Crippen LogP) is 4.06. The quantitative estimate of drug-likeness (QED) is 0.866. The molecule has 0 aliphatic rings. The van der Waals surface area contributed by atoms with Crippen molar-refractivity contribution in [2.45, 2.75) is 26.1 Å². The molecular weight excluding hydrogens is 286 g/mol. The van der Waals surface area contributed by atoms with Gasteiger partial charge in [0.05, 0.1) is 17.3 Å². The van der Waals surface area contributed by atoms with Crippen LogP contribution in [0.25, 0.3) is 0 Å². The lowest BCUT2D eigenvalue weighted by atomic mass is 10.1. The fourth-order valence-corrected chi connectivity index (χ4v) is 2.20. The molecule has 1 atom stereocenters. The third kappa shape index (κ3) is 3.34. The number of alkyl halides is 3. The SMILES string of the molecule is Cc1nn(C)cc1C(C)Nc1ccc(F)c(C(F)(F)F)c1. The molecule has 0 aliphatic heterocycles. The van der Waals surface area contributed by atoms with Crippen molar-refractivity contribution in [2.75, 3.05) is 5.32 Å². The van der Waals surface area contributed by atoms with Crippen LogP contribution in [0.4, 0.5) is 23.2 Å². The molecule has 114 valence electrons. The summed E-state index contributed by atoms with van der Waals surface area (Å²) in [7, 11) is 1.77. The fourth-order valence-electron chi connectivity index (χ4n) is 2.20. The number of nitrogens with one attached hydrogen (secondary N) is 1. The van der Waals surface area contributed by atoms with Crippen LogP contribution in [0.3, 0.4) is 0 Å². The molecule has 0 saturated heterocycles. The Hall–Kier alpha value is -2.05. The van der Waals surface area contributed by atoms with E-state index < -0.39 is 17.6 Å². The van der Waals surface area contributed by atoms with E-state index in [0.29, 0.717) is 0 Å². The van der Waals surface area contributed by atoms with Gasteiger partial charge in [-0.15, -0.1) is 0 Å². The number of hydrogen-bond acceptors (Lipinski definition) is 2. The first-order chi connectivity index (χ1) is 9.68. The molecule has 0 amide bonds. The van der Waals surface area contributed by atoms with Crippen LogP contribution >= 0.6 is 0 Å². The lowest BCUT2D eigenvalue weighted by molar-refractivity contribution is -0.139. The van der Waals surface area contributed by atoms with Gasteiger partial charge < -0.3 is 5.32 Å². The second-order valence-electron chi connectivity index (χ2n) is 4.90. The smallest absolute Gasteiger partial charge is 0.378 e. The minimum Gasteiger partial charge on any atom is -0.378 e. The molecule has 7 heteroatoms. The maximum Gasteiger partial charge on any atom is 0.419 e. The first kappa shape index (κ1) is 15.3. The Morgan fingerprint density at radius 1 is 1.29 bits per heavy atom. The lowest BCUT2D eigenvalue weighted by Gasteiger charge is -2.16. The molecule has 0 bridgehead atoms. The van der Waals surface area contributed by atoms with Crippen LogP contribution in [0.2, 0.25) is 0 Å². The molecule has 1 heterocycles. The second-order valence-corrected chi connectivity index (χ2v) is 4.90. The summed E-state index contributed by atoms with van der Waals surface area (Å²) in [6, 6.07) is 2.63. The molecule has 1 N–H and O–H groups in total. The third-order valence-electron chi connectivity index (χ3n) is 3.17. The van der Waals surface area contributed by atoms with Crippen molar-refractivity contribution in [1.29, 1.82) is 0 Å². The van der Waals surface area contributed by atoms with E-state index in [2.05, 4.69) is 10.4 Å². The number of aromatic nitrogens is 2. The molecular formula is C14H15F4N3. The lowest BCUT2D eigenvalue weighted by Crippen LogP contribution is -2.11. The van der Waals surface area contributed by atoms with Crippen LogP contribution < -0.4 is 5.32 Å². The topological polar surface area (TPSA) is 29.9 Å². The molecule has 0 radical (unpaired) electrons. The van der Waals surface area contributed by atoms with Gasteiger partial charge in [-0.05, 0) is 32.0 Å². The molecule has 1 unspecified atom stereocenters. The highest BCUT2D eigenvalue weighted by molar-refractivity contribution is 5.49. The van der Waals surface area contributed by atoms with Gasteiger partial charge in [-0.25, -0.2) is 4.39 Å². The van der Waals surface area contributed by atoms with Crippen LogP contribution in [0.15, 0.2) is 24.4 Å². The van der Waals surface area contributed by atoms with Gasteiger partial charge >= 0.3 is 6.18 Å². The Kier molecular flexibility index (Phi) is 3.93. The minimum atomic E-state index is -4.71. The molecule has 1 aromatic carbocycles. The normalized spacial score (nSPS) is 13.3. The number of aryl methyl sites for hydroxylation is 2. The number of benzene rings is 1. The third-order valence-corrected chi connectivity index (χ3v) is 3.17. The highest BCUT2D eigenvalue weighted by Gasteiger charge is 2.34. The zero-order valence-corrected chi connectivity index (χ0v) is 11.8. The van der Waals surface area contributed by atoms with Crippen LogP contribution in [0.1, 0.15) is 29.8 Å². The van der Waals surface area contributed by atoms with Crippen LogP contribution in [0, 0.1) is 12.7 Å². The largest absolute Gasteiger partial charge is 0.419 e. The standard InChI is InChI=1S/C14H15F4N3/c1-8(11-7-21(3)20-9(11)2)19-10-4-5-13(15)12(6-10)14(16,17)18/h4-8,19H,1-3H3. The molecule has 2 rings (SSSR count). The van der Waals surface area contributed by atoms with Crippen molar-refractivity contribution in [3.8, 4) is 0 Å². The summed E-state index contributed by atoms with van der Waals surface area (Å²) in [6.45, 7) is 3.62. The van der Waals surface area contributed by atoms with Crippen molar-refractivity contribution in [3.63, 3.8) is 0 Å². The summed E-state index contributed by atoms with van der Waals surface area (Å²) in [5.74, 6) is -1.28. The molecule has 21 heavy (non-hydrogen) atoms. The van der Waals surface area contributed by atoms with Crippen molar-refractivity contribution in [1.82, 2.24) is 9.78 Å². The summed E-state index contributed by atoms with van der Waals surface area (Å²) in [5, 5.41) is 7.11. The Labute approximate surface area is 119 Å². The van der Waals surface area contributed by atoms with Crippen molar-refractivity contribution < 1.29 is 17.6 Å². The first-order valence-electron chi connectivity index (χ1n) is 6.32. The number of rotatable bonds is 3. The van der Waals surface area contributed by atoms with Gasteiger partial charge in [0, 0.05) is 24.5 Å². The maximum absolute atomic E-state index is 13.2. The molecule has 3 nitrogen and oxygen atoms in total. The molecule has 0 spiro atoms. The van der Waals surface area contributed by atoms with E-state index in [0.717, 1.165) is 23.4 Å². The highest BCUT2D eigenvalue weighted by atomic mass is 19.4. The van der Waals surface area contributed by atoms with E-state index in [9.17, 15) is 17.6 Å². The average molecular weight is 301 g/mol. The number of anilines is 1. The average Bonchev–Trinajstić information content (AvgIpc) is 2.69. The van der Waals surface area contributed by atoms with E-state index in [1.54, 1.807) is 24.9 Å². The minimum absolute atomic E-state index is 0.208. The van der Waals surface area contributed by atoms with Crippen molar-refractivity contribution >= 4 is 5.69 Å². The summed E-state index contributed by atoms with van der Waals surface area (Å²) < 4.78 is 52.9. The van der Waals surface area contributed by atoms with Gasteiger partial charge in [0.1, 0.15) is 5.82 Å². The monoisotopic (exact) mass is 301 g/mol. The maximum atomic E-state index is 13.2. The van der Waals surface area contributed by atoms with Gasteiger partial charge in [0.25, 0.3) is 0 Å². The molecule has 0 saturated carbocycles. The van der Waals surface area contributed by atoms with Crippen LogP contribution in [0.5, 0.6) is 0 Å². The summed E-state index contributed by atoms with van der Waals surface area (Å²) in [5.41, 5.74) is 0.591. The van der Waals surface area contributed by atoms with Gasteiger partial charge in [-0.3, -0.25) is 4.68 Å². The molecule has 1 aromatic heterocycles. The molecule has 0 fully saturated rings. The summed E-state index contributed by atoms with van der Waals surface area (Å²) >= 11 is 0. The van der Waals surface area contributed by atoms with Crippen molar-refractivity contribution in [3.05, 3.63) is 47.0 Å². The van der Waals surface area contributed by atoms with Crippen LogP contribution in [-0.2, 0) is 13.2 Å². The van der Waals surface area contributed by atoms with Gasteiger partial charge in [-0.2, -0.15) is 18.3 Å². The zero-order chi connectivity index (χ0) is 15.8. The Morgan fingerprint density at radius 3 is 2.48 bits per heavy atom. The van der Waals surface area contributed by atoms with E-state index in [4.69, 9.17) is 0 Å². The predicted molar refractivity (Wildman–Crippen MR) is 71.4 cm³/mol. The Balaban J connectivity index is 2.26. The van der Waals surface area contributed by atoms with E-state index in [1.165, 1.54) is 6.07 Å². The first-order valence-corrected chi connectivity index (χ1v) is 6.32. The van der Waals surface area contributed by atoms with Crippen molar-refractivity contribution in [2.24, 2.45) is 7.05 Å². The Bertz CT molecular complexity index is 646. The highest BCUT2D eigenvalue weighted by Crippen LogP contribution is 2.33. The van der Waals surface area contributed by atoms with E-state index in [-0.39, 0.29) is 11.7 Å². The number of halogens is 4. The molecule has 0 aliphatic carbocycles. The van der Waals surface area contributed by atoms with E-state index >= 15 is 0 Å². The number of nitrogens with zero attached hydrogens (tertiary/aromatic N) is 2. The van der Waals surface area contributed by atoms with Gasteiger partial charge in [0.15, 0.2) is 0 Å². The zero-order valence-electron chi connectivity index (χ0n) is 11.8. The van der Waals surface area contributed by atoms with Gasteiger partial charge in [-0.1, -0.05) is 0 Å². The number of hydrogen-bond donors (Lipinski definition) is 1. The van der Waals surface area contributed by atoms with E-state index in [1.807, 2.05) is 6.92 Å². The van der Waals surface area contributed by atoms with Gasteiger partial charge in [0.2, 0.25) is 0 Å². The second kappa shape index (κ2) is 5.38. The molecule has 2 aromatic rings.